The van der Waals surface area contributed by atoms with Gasteiger partial charge in [0.15, 0.2) is 11.3 Å². The third kappa shape index (κ3) is 2.34. The van der Waals surface area contributed by atoms with Crippen molar-refractivity contribution in [3.63, 3.8) is 0 Å². The molecule has 1 aromatic carbocycles. The molecule has 0 aliphatic heterocycles. The van der Waals surface area contributed by atoms with Crippen molar-refractivity contribution in [1.82, 2.24) is 23.6 Å². The van der Waals surface area contributed by atoms with Gasteiger partial charge in [0.05, 0.1) is 16.6 Å². The van der Waals surface area contributed by atoms with E-state index >= 15 is 0 Å². The minimum absolute atomic E-state index is 0.209. The summed E-state index contributed by atoms with van der Waals surface area (Å²) < 4.78 is 29.6. The van der Waals surface area contributed by atoms with E-state index in [4.69, 9.17) is 5.73 Å². The van der Waals surface area contributed by atoms with Gasteiger partial charge < -0.3 is 5.73 Å². The van der Waals surface area contributed by atoms with Gasteiger partial charge in [-0.15, -0.1) is 10.2 Å². The SMILES string of the molecule is Cc1ccc(S(=O)(=O)n2ccc3c2ncc2nnc([C@H]4C[C@@H](N)[C@@H]5C[C@@H]54)n23)cc1. The third-order valence-electron chi connectivity index (χ3n) is 6.46. The molecule has 9 heteroatoms. The van der Waals surface area contributed by atoms with E-state index < -0.39 is 10.0 Å². The summed E-state index contributed by atoms with van der Waals surface area (Å²) in [6, 6.07) is 8.79. The Kier molecular flexibility index (Phi) is 3.33. The van der Waals surface area contributed by atoms with Crippen LogP contribution in [0, 0.1) is 18.8 Å². The van der Waals surface area contributed by atoms with Gasteiger partial charge in [-0.1, -0.05) is 17.7 Å². The molecular weight excluding hydrogens is 388 g/mol. The zero-order chi connectivity index (χ0) is 19.9. The zero-order valence-corrected chi connectivity index (χ0v) is 16.6. The molecule has 2 saturated carbocycles. The van der Waals surface area contributed by atoms with Gasteiger partial charge in [0.2, 0.25) is 0 Å². The molecule has 2 aliphatic carbocycles. The van der Waals surface area contributed by atoms with Crippen LogP contribution in [0.5, 0.6) is 0 Å². The Balaban J connectivity index is 1.53. The molecule has 0 unspecified atom stereocenters. The Labute approximate surface area is 167 Å². The van der Waals surface area contributed by atoms with Crippen LogP contribution in [0.25, 0.3) is 16.8 Å². The average Bonchev–Trinajstić information content (AvgIpc) is 3.04. The summed E-state index contributed by atoms with van der Waals surface area (Å²) in [7, 11) is -3.75. The first-order valence-electron chi connectivity index (χ1n) is 9.74. The second-order valence-electron chi connectivity index (χ2n) is 8.22. The molecule has 3 aromatic heterocycles. The normalized spacial score (nSPS) is 26.3. The van der Waals surface area contributed by atoms with E-state index in [1.165, 1.54) is 3.97 Å². The van der Waals surface area contributed by atoms with Crippen molar-refractivity contribution in [3.8, 4) is 0 Å². The van der Waals surface area contributed by atoms with E-state index in [1.54, 1.807) is 42.7 Å². The Morgan fingerprint density at radius 1 is 1.07 bits per heavy atom. The third-order valence-corrected chi connectivity index (χ3v) is 8.14. The van der Waals surface area contributed by atoms with E-state index in [2.05, 4.69) is 15.2 Å². The summed E-state index contributed by atoms with van der Waals surface area (Å²) in [6.45, 7) is 1.92. The molecule has 2 N–H and O–H groups in total. The van der Waals surface area contributed by atoms with Gasteiger partial charge >= 0.3 is 0 Å². The van der Waals surface area contributed by atoms with Crippen molar-refractivity contribution >= 4 is 26.8 Å². The van der Waals surface area contributed by atoms with Gasteiger partial charge in [0.25, 0.3) is 10.0 Å². The van der Waals surface area contributed by atoms with Crippen LogP contribution in [0.15, 0.2) is 47.6 Å². The van der Waals surface area contributed by atoms with Crippen LogP contribution in [0.1, 0.15) is 30.1 Å². The van der Waals surface area contributed by atoms with Crippen LogP contribution in [0.3, 0.4) is 0 Å². The molecule has 0 radical (unpaired) electrons. The number of aryl methyl sites for hydroxylation is 1. The molecule has 148 valence electrons. The largest absolute Gasteiger partial charge is 0.327 e. The van der Waals surface area contributed by atoms with Crippen molar-refractivity contribution in [2.75, 3.05) is 0 Å². The second-order valence-corrected chi connectivity index (χ2v) is 10.0. The Morgan fingerprint density at radius 3 is 2.55 bits per heavy atom. The molecule has 4 aromatic rings. The molecule has 3 heterocycles. The van der Waals surface area contributed by atoms with Crippen LogP contribution < -0.4 is 5.73 Å². The number of nitrogens with two attached hydrogens (primary N) is 1. The summed E-state index contributed by atoms with van der Waals surface area (Å²) in [4.78, 5) is 4.63. The highest BCUT2D eigenvalue weighted by molar-refractivity contribution is 7.90. The second kappa shape index (κ2) is 5.64. The Hall–Kier alpha value is -2.78. The van der Waals surface area contributed by atoms with Crippen LogP contribution in [0.4, 0.5) is 0 Å². The molecular formula is C20H20N6O2S. The van der Waals surface area contributed by atoms with Crippen LogP contribution >= 0.6 is 0 Å². The zero-order valence-electron chi connectivity index (χ0n) is 15.8. The monoisotopic (exact) mass is 408 g/mol. The topological polar surface area (TPSA) is 108 Å². The van der Waals surface area contributed by atoms with Gasteiger partial charge in [0.1, 0.15) is 5.82 Å². The summed E-state index contributed by atoms with van der Waals surface area (Å²) in [5.41, 5.74) is 8.94. The van der Waals surface area contributed by atoms with E-state index in [1.807, 2.05) is 11.3 Å². The molecule has 29 heavy (non-hydrogen) atoms. The van der Waals surface area contributed by atoms with Crippen molar-refractivity contribution in [2.24, 2.45) is 17.6 Å². The summed E-state index contributed by atoms with van der Waals surface area (Å²) in [5.74, 6) is 2.25. The van der Waals surface area contributed by atoms with Gasteiger partial charge in [-0.2, -0.15) is 0 Å². The lowest BCUT2D eigenvalue weighted by atomic mass is 10.0. The molecule has 0 saturated heterocycles. The quantitative estimate of drug-likeness (QED) is 0.556. The number of hydrogen-bond donors (Lipinski definition) is 1. The molecule has 4 atom stereocenters. The predicted molar refractivity (Wildman–Crippen MR) is 107 cm³/mol. The summed E-state index contributed by atoms with van der Waals surface area (Å²) in [6.07, 6.45) is 5.16. The van der Waals surface area contributed by atoms with Gasteiger partial charge in [-0.25, -0.2) is 17.4 Å². The Bertz CT molecular complexity index is 1370. The molecule has 0 bridgehead atoms. The minimum atomic E-state index is -3.75. The first kappa shape index (κ1) is 17.1. The molecule has 0 amide bonds. The molecule has 2 aliphatic rings. The van der Waals surface area contributed by atoms with E-state index in [0.717, 1.165) is 24.2 Å². The maximum absolute atomic E-state index is 13.2. The predicted octanol–water partition coefficient (Wildman–Crippen LogP) is 2.08. The van der Waals surface area contributed by atoms with Crippen LogP contribution in [0.2, 0.25) is 0 Å². The van der Waals surface area contributed by atoms with Crippen LogP contribution in [-0.4, -0.2) is 38.0 Å². The fourth-order valence-electron chi connectivity index (χ4n) is 4.84. The number of nitrogens with zero attached hydrogens (tertiary/aromatic N) is 5. The highest BCUT2D eigenvalue weighted by Crippen LogP contribution is 2.58. The molecule has 6 rings (SSSR count). The fourth-order valence-corrected chi connectivity index (χ4v) is 6.14. The van der Waals surface area contributed by atoms with Crippen LogP contribution in [-0.2, 0) is 10.0 Å². The Morgan fingerprint density at radius 2 is 1.86 bits per heavy atom. The first-order valence-corrected chi connectivity index (χ1v) is 11.2. The van der Waals surface area contributed by atoms with Crippen molar-refractivity contribution in [1.29, 1.82) is 0 Å². The number of rotatable bonds is 3. The van der Waals surface area contributed by atoms with Gasteiger partial charge in [-0.05, 0) is 49.8 Å². The maximum Gasteiger partial charge on any atom is 0.269 e. The van der Waals surface area contributed by atoms with Crippen molar-refractivity contribution in [3.05, 3.63) is 54.1 Å². The smallest absolute Gasteiger partial charge is 0.269 e. The van der Waals surface area contributed by atoms with Gasteiger partial charge in [0, 0.05) is 18.2 Å². The number of hydrogen-bond acceptors (Lipinski definition) is 6. The molecule has 2 fully saturated rings. The lowest BCUT2D eigenvalue weighted by Gasteiger charge is -2.12. The summed E-state index contributed by atoms with van der Waals surface area (Å²) >= 11 is 0. The number of aromatic nitrogens is 5. The minimum Gasteiger partial charge on any atom is -0.327 e. The summed E-state index contributed by atoms with van der Waals surface area (Å²) in [5, 5.41) is 8.72. The highest BCUT2D eigenvalue weighted by Gasteiger charge is 2.54. The standard InChI is InChI=1S/C20H20N6O2S/c1-11-2-4-12(5-3-11)29(27,28)25-7-6-17-20(25)22-10-18-23-24-19(26(17)18)15-9-16(21)14-8-13(14)15/h2-7,10,13-16H,8-9,21H2,1H3/t13-,14+,15-,16+/m0/s1. The van der Waals surface area contributed by atoms with E-state index in [-0.39, 0.29) is 16.9 Å². The van der Waals surface area contributed by atoms with Crippen molar-refractivity contribution < 1.29 is 8.42 Å². The molecule has 8 nitrogen and oxygen atoms in total. The molecule has 0 spiro atoms. The highest BCUT2D eigenvalue weighted by atomic mass is 32.2. The lowest BCUT2D eigenvalue weighted by Crippen LogP contribution is -2.20. The fraction of sp³-hybridized carbons (Fsp3) is 0.350. The van der Waals surface area contributed by atoms with E-state index in [9.17, 15) is 8.42 Å². The van der Waals surface area contributed by atoms with E-state index in [0.29, 0.717) is 28.6 Å². The van der Waals surface area contributed by atoms with Gasteiger partial charge in [-0.3, -0.25) is 4.40 Å². The average molecular weight is 408 g/mol. The first-order chi connectivity index (χ1) is 13.9. The number of benzene rings is 1. The number of fused-ring (bicyclic) bond motifs is 4. The lowest BCUT2D eigenvalue weighted by molar-refractivity contribution is 0.548. The van der Waals surface area contributed by atoms with Crippen molar-refractivity contribution in [2.45, 2.75) is 36.6 Å². The maximum atomic E-state index is 13.2.